The van der Waals surface area contributed by atoms with E-state index in [-0.39, 0.29) is 112 Å². The Bertz CT molecular complexity index is 4930. The van der Waals surface area contributed by atoms with Crippen LogP contribution in [-0.2, 0) is 30.5 Å². The Hall–Kier alpha value is -12.1. The van der Waals surface area contributed by atoms with Gasteiger partial charge in [0, 0.05) is 129 Å². The van der Waals surface area contributed by atoms with E-state index in [1.807, 2.05) is 96.9 Å². The van der Waals surface area contributed by atoms with E-state index in [1.165, 1.54) is 29.2 Å². The number of rotatable bonds is 26. The number of nitrogens with one attached hydrogen (secondary N) is 1. The lowest BCUT2D eigenvalue weighted by molar-refractivity contribution is -0.139. The number of urea groups is 1. The molecule has 29 heteroatoms. The van der Waals surface area contributed by atoms with E-state index in [0.717, 1.165) is 136 Å². The Balaban J connectivity index is 0.000000189. The van der Waals surface area contributed by atoms with Gasteiger partial charge in [-0.3, -0.25) is 24.0 Å². The molecule has 3 unspecified atom stereocenters. The van der Waals surface area contributed by atoms with Crippen LogP contribution in [0, 0.1) is 40.5 Å². The predicted octanol–water partition coefficient (Wildman–Crippen LogP) is 16.3. The molecule has 688 valence electrons. The van der Waals surface area contributed by atoms with E-state index in [2.05, 4.69) is 5.32 Å². The Morgan fingerprint density at radius 1 is 0.535 bits per heavy atom. The fourth-order valence-corrected chi connectivity index (χ4v) is 15.6. The first-order valence-electron chi connectivity index (χ1n) is 43.7. The number of benzene rings is 6. The van der Waals surface area contributed by atoms with Crippen molar-refractivity contribution in [1.82, 2.24) is 34.7 Å². The Morgan fingerprint density at radius 3 is 1.52 bits per heavy atom. The summed E-state index contributed by atoms with van der Waals surface area (Å²) < 4.78 is 44.9. The van der Waals surface area contributed by atoms with E-state index in [4.69, 9.17) is 37.9 Å². The minimum atomic E-state index is -0.369. The number of Topliss-reactive ketones (excluding diaryl/α,β-unsaturated/α-hetero) is 1. The molecule has 6 aliphatic rings. The van der Waals surface area contributed by atoms with E-state index in [0.29, 0.717) is 128 Å². The number of likely N-dealkylation sites (N-methyl/N-ethyl adjacent to an activating group) is 2. The number of aromatic hydroxyl groups is 6. The average molecular weight is 1770 g/mol. The molecular formula is C98H129N7O21S. The van der Waals surface area contributed by atoms with Crippen LogP contribution in [0.3, 0.4) is 0 Å². The number of likely N-dealkylation sites (tertiary alicyclic amines) is 4. The molecule has 4 fully saturated rings. The second kappa shape index (κ2) is 50.3. The van der Waals surface area contributed by atoms with Crippen LogP contribution in [0.1, 0.15) is 166 Å². The van der Waals surface area contributed by atoms with Gasteiger partial charge in [0.2, 0.25) is 17.7 Å². The van der Waals surface area contributed by atoms with Gasteiger partial charge >= 0.3 is 12.1 Å². The number of piperidine rings is 1. The molecule has 6 heterocycles. The number of nitrogens with zero attached hydrogens (tertiary/aromatic N) is 6. The van der Waals surface area contributed by atoms with Gasteiger partial charge < -0.3 is 103 Å². The molecule has 0 radical (unpaired) electrons. The number of thiophene rings is 1. The molecule has 1 aliphatic carbocycles. The second-order valence-electron chi connectivity index (χ2n) is 32.3. The fourth-order valence-electron chi connectivity index (χ4n) is 14.7. The smallest absolute Gasteiger partial charge is 0.409 e. The van der Waals surface area contributed by atoms with Crippen molar-refractivity contribution in [2.24, 2.45) is 5.92 Å². The van der Waals surface area contributed by atoms with Crippen molar-refractivity contribution in [3.63, 3.8) is 0 Å². The van der Waals surface area contributed by atoms with Gasteiger partial charge in [0.1, 0.15) is 114 Å². The van der Waals surface area contributed by atoms with Crippen molar-refractivity contribution < 1.29 is 102 Å². The van der Waals surface area contributed by atoms with Crippen LogP contribution in [0.2, 0.25) is 0 Å². The third kappa shape index (κ3) is 29.0. The van der Waals surface area contributed by atoms with Gasteiger partial charge in [-0.2, -0.15) is 0 Å². The molecule has 28 nitrogen and oxygen atoms in total. The van der Waals surface area contributed by atoms with Crippen LogP contribution < -0.4 is 33.7 Å². The fraction of sp³-hybridized carbons (Fsp3) is 0.459. The zero-order valence-electron chi connectivity index (χ0n) is 76.0. The largest absolute Gasteiger partial charge is 0.508 e. The summed E-state index contributed by atoms with van der Waals surface area (Å²) in [7, 11) is 5.12. The van der Waals surface area contributed by atoms with Crippen molar-refractivity contribution in [2.45, 2.75) is 172 Å². The topological polar surface area (TPSA) is 346 Å². The number of hydrogen-bond acceptors (Lipinski definition) is 22. The maximum Gasteiger partial charge on any atom is 0.409 e. The lowest BCUT2D eigenvalue weighted by atomic mass is 10.0. The molecule has 1 aromatic heterocycles. The highest BCUT2D eigenvalue weighted by molar-refractivity contribution is 7.12. The van der Waals surface area contributed by atoms with E-state index in [9.17, 15) is 64.2 Å². The molecule has 4 saturated heterocycles. The molecule has 7 aromatic rings. The third-order valence-corrected chi connectivity index (χ3v) is 23.5. The van der Waals surface area contributed by atoms with Crippen LogP contribution >= 0.6 is 11.3 Å². The number of amides is 7. The monoisotopic (exact) mass is 1770 g/mol. The predicted molar refractivity (Wildman–Crippen MR) is 489 cm³/mol. The van der Waals surface area contributed by atoms with Crippen LogP contribution in [0.25, 0.3) is 0 Å². The first-order chi connectivity index (χ1) is 60.8. The van der Waals surface area contributed by atoms with Crippen molar-refractivity contribution in [1.29, 1.82) is 0 Å². The van der Waals surface area contributed by atoms with Crippen molar-refractivity contribution >= 4 is 52.9 Å². The highest BCUT2D eigenvalue weighted by Crippen LogP contribution is 2.36. The normalized spacial score (nSPS) is 15.9. The summed E-state index contributed by atoms with van der Waals surface area (Å²) in [4.78, 5) is 96.1. The summed E-state index contributed by atoms with van der Waals surface area (Å²) in [5.41, 5.74) is 8.00. The number of carbonyl (C=O) groups is 7. The number of hydrogen-bond donors (Lipinski definition) is 7. The summed E-state index contributed by atoms with van der Waals surface area (Å²) in [5.74, 6) is 4.64. The Labute approximate surface area is 750 Å². The van der Waals surface area contributed by atoms with Crippen LogP contribution in [-0.4, -0.2) is 240 Å². The van der Waals surface area contributed by atoms with Gasteiger partial charge in [-0.05, 0) is 216 Å². The van der Waals surface area contributed by atoms with Gasteiger partial charge in [-0.1, -0.05) is 62.4 Å². The number of allylic oxidation sites excluding steroid dienone is 1. The van der Waals surface area contributed by atoms with Crippen molar-refractivity contribution in [2.75, 3.05) is 120 Å². The highest BCUT2D eigenvalue weighted by Gasteiger charge is 2.35. The van der Waals surface area contributed by atoms with Crippen LogP contribution in [0.5, 0.6) is 69.0 Å². The lowest BCUT2D eigenvalue weighted by Crippen LogP contribution is -2.48. The number of phenolic OH excluding ortho intramolecular Hbond substituents is 6. The molecule has 0 spiro atoms. The van der Waals surface area contributed by atoms with E-state index >= 15 is 0 Å². The minimum absolute atomic E-state index is 0.0141. The molecule has 127 heavy (non-hydrogen) atoms. The van der Waals surface area contributed by atoms with E-state index in [1.54, 1.807) is 145 Å². The standard InChI is InChI=1S/C18H24N2O4.C18H21NO3.C17H25NO3.C16H21NO4.C15H17NO3S.C14H21NO4/c1-13(21)17-15(22)7-4-8-16(17)24-12-14-6-5-11-20(14)18(23)19-9-2-3-10-19;1-13-16(20)8-5-9-17(13)22-12-14-6-4-7-15(14)18(21)19-10-2-3-11-19;1-12(2)17(20)18-10-5-4-7-14(18)11-21-16-9-6-8-15(19)13(16)3;1-3-17-16(19)13-7-8-20-9-12(13)10-21-15-6-4-5-14(18)11(15)2;1-10-12(17)5-4-6-13(10)19-9-11-7-8-20-14(11)15(18)16(2)3;1-5-18-14(17)15(4)10(2)9-19-13-8-6-7-12(16)11(13)3/h4,7-8,14,22H,2-3,5-6,9-12H2,1H3;4-6,8-9,20H,2-3,7,10-12H2,1H3;6,8-9,12,14,19H,4-5,7,10-11H2,1-3H3;4-6,18H,3,7-10H2,1-2H3,(H,17,19);4-8,17H,9H2,1-3H3;6-8,10,16H,5,9H2,1-4H3. The third-order valence-electron chi connectivity index (χ3n) is 22.6. The molecule has 7 N–H and O–H groups in total. The molecule has 3 atom stereocenters. The highest BCUT2D eigenvalue weighted by atomic mass is 32.1. The van der Waals surface area contributed by atoms with Crippen LogP contribution in [0.15, 0.2) is 155 Å². The molecule has 7 amide bonds. The number of ketones is 1. The van der Waals surface area contributed by atoms with Crippen molar-refractivity contribution in [3.8, 4) is 69.0 Å². The lowest BCUT2D eigenvalue weighted by Gasteiger charge is -2.36. The van der Waals surface area contributed by atoms with Gasteiger partial charge in [0.05, 0.1) is 42.8 Å². The van der Waals surface area contributed by atoms with Gasteiger partial charge in [-0.15, -0.1) is 11.3 Å². The summed E-state index contributed by atoms with van der Waals surface area (Å²) in [6.45, 7) is 28.8. The van der Waals surface area contributed by atoms with Gasteiger partial charge in [0.15, 0.2) is 5.78 Å². The first-order valence-corrected chi connectivity index (χ1v) is 44.5. The summed E-state index contributed by atoms with van der Waals surface area (Å²) >= 11 is 1.41. The first kappa shape index (κ1) is 100. The van der Waals surface area contributed by atoms with Gasteiger partial charge in [0.25, 0.3) is 5.91 Å². The quantitative estimate of drug-likeness (QED) is 0.0248. The molecule has 0 bridgehead atoms. The van der Waals surface area contributed by atoms with Gasteiger partial charge in [-0.25, -0.2) is 9.59 Å². The molecule has 13 rings (SSSR count). The SMILES string of the molecule is CC(=O)c1c(O)cccc1OCC1CCCN1C(=O)N1CCCC1.CCNC(=O)C1=C(COc2cccc(O)c2C)COCC1.CCOC(=O)N(C)C(C)COc1cccc(O)c1C.Cc1c(O)cccc1OCC1=C(C(=O)N2CCCC2)CC=C1.Cc1c(O)cccc1OCC1CCCCN1C(=O)C(C)C.Cc1c(O)cccc1OCc1ccsc1C(=O)N(C)C. The number of phenols is 6. The molecular weight excluding hydrogens is 1640 g/mol. The molecule has 0 saturated carbocycles. The van der Waals surface area contributed by atoms with Crippen LogP contribution in [0.4, 0.5) is 9.59 Å². The maximum atomic E-state index is 12.6. The summed E-state index contributed by atoms with van der Waals surface area (Å²) in [6, 6.07) is 32.7. The van der Waals surface area contributed by atoms with E-state index < -0.39 is 0 Å². The summed E-state index contributed by atoms with van der Waals surface area (Å²) in [6.07, 6.45) is 14.3. The number of ether oxygens (including phenoxy) is 8. The molecule has 6 aromatic carbocycles. The summed E-state index contributed by atoms with van der Waals surface area (Å²) in [5, 5.41) is 62.8. The number of carbonyl (C=O) groups excluding carboxylic acids is 7. The maximum absolute atomic E-state index is 12.6. The minimum Gasteiger partial charge on any atom is -0.508 e. The Kier molecular flexibility index (Phi) is 39.7. The average Bonchev–Trinajstić information content (AvgIpc) is 1.79. The Morgan fingerprint density at radius 2 is 1.00 bits per heavy atom. The van der Waals surface area contributed by atoms with Crippen molar-refractivity contribution in [3.05, 3.63) is 199 Å². The zero-order valence-corrected chi connectivity index (χ0v) is 76.8. The molecule has 5 aliphatic heterocycles. The second-order valence-corrected chi connectivity index (χ2v) is 33.2. The zero-order chi connectivity index (χ0) is 92.4.